The van der Waals surface area contributed by atoms with Gasteiger partial charge in [0.05, 0.1) is 22.0 Å². The van der Waals surface area contributed by atoms with Gasteiger partial charge in [0.15, 0.2) is 6.29 Å². The van der Waals surface area contributed by atoms with E-state index in [2.05, 4.69) is 13.8 Å². The molecule has 1 unspecified atom stereocenters. The standard InChI is InChI=1S/C13H26O5S.CH4.Y/c1-5-6-7-17-13-11(4)9(2)10(3)12(18-13)8-19(14,15)16;;/h9-13H,5-8H2,1-4H3,(H,14,15,16);1H4;/p-1/t9-,10-,11+,12+,13?;;/m0../s1. The van der Waals surface area contributed by atoms with Gasteiger partial charge < -0.3 is 14.0 Å². The summed E-state index contributed by atoms with van der Waals surface area (Å²) < 4.78 is 44.2. The van der Waals surface area contributed by atoms with E-state index in [0.29, 0.717) is 6.61 Å². The minimum absolute atomic E-state index is 0. The van der Waals surface area contributed by atoms with Crippen LogP contribution in [0.2, 0.25) is 0 Å². The minimum atomic E-state index is -4.28. The number of unbranched alkanes of at least 4 members (excludes halogenated alkanes) is 1. The van der Waals surface area contributed by atoms with Crippen LogP contribution in [0.4, 0.5) is 0 Å². The van der Waals surface area contributed by atoms with E-state index < -0.39 is 28.3 Å². The van der Waals surface area contributed by atoms with Crippen LogP contribution in [0.3, 0.4) is 0 Å². The molecule has 1 heterocycles. The molecule has 1 aliphatic heterocycles. The molecule has 0 aromatic carbocycles. The summed E-state index contributed by atoms with van der Waals surface area (Å²) in [4.78, 5) is 0. The summed E-state index contributed by atoms with van der Waals surface area (Å²) in [6, 6.07) is 0. The first-order valence-electron chi connectivity index (χ1n) is 6.97. The van der Waals surface area contributed by atoms with Gasteiger partial charge in [-0.25, -0.2) is 8.42 Å². The number of ether oxygens (including phenoxy) is 2. The molecule has 7 heteroatoms. The molecule has 125 valence electrons. The van der Waals surface area contributed by atoms with Gasteiger partial charge in [0.2, 0.25) is 0 Å². The molecular weight excluding hydrogens is 369 g/mol. The van der Waals surface area contributed by atoms with E-state index in [1.54, 1.807) is 0 Å². The molecule has 1 saturated heterocycles. The van der Waals surface area contributed by atoms with Crippen LogP contribution in [0.25, 0.3) is 0 Å². The predicted molar refractivity (Wildman–Crippen MR) is 78.3 cm³/mol. The van der Waals surface area contributed by atoms with E-state index in [0.717, 1.165) is 12.8 Å². The molecule has 0 bridgehead atoms. The maximum absolute atomic E-state index is 10.9. The van der Waals surface area contributed by atoms with Crippen LogP contribution >= 0.6 is 0 Å². The van der Waals surface area contributed by atoms with Crippen LogP contribution in [-0.4, -0.2) is 37.7 Å². The number of hydrogen-bond donors (Lipinski definition) is 0. The fourth-order valence-electron chi connectivity index (χ4n) is 2.41. The first kappa shape index (κ1) is 24.2. The maximum atomic E-state index is 10.9. The van der Waals surface area contributed by atoms with Gasteiger partial charge in [-0.15, -0.1) is 0 Å². The summed E-state index contributed by atoms with van der Waals surface area (Å²) in [5, 5.41) is 0. The summed E-state index contributed by atoms with van der Waals surface area (Å²) in [5.41, 5.74) is 0. The molecular formula is C14H29O5SY-. The second-order valence-electron chi connectivity index (χ2n) is 5.57. The van der Waals surface area contributed by atoms with E-state index in [1.807, 2.05) is 13.8 Å². The van der Waals surface area contributed by atoms with Crippen molar-refractivity contribution in [3.05, 3.63) is 0 Å². The third kappa shape index (κ3) is 7.84. The smallest absolute Gasteiger partial charge is 0.160 e. The molecule has 0 saturated carbocycles. The van der Waals surface area contributed by atoms with Gasteiger partial charge in [-0.1, -0.05) is 41.5 Å². The topological polar surface area (TPSA) is 75.7 Å². The Kier molecular flexibility index (Phi) is 12.3. The summed E-state index contributed by atoms with van der Waals surface area (Å²) >= 11 is 0. The average molecular weight is 398 g/mol. The molecule has 5 atom stereocenters. The molecule has 21 heavy (non-hydrogen) atoms. The Labute approximate surface area is 155 Å². The van der Waals surface area contributed by atoms with Crippen molar-refractivity contribution in [2.24, 2.45) is 17.8 Å². The Bertz CT molecular complexity index is 374. The van der Waals surface area contributed by atoms with E-state index in [1.165, 1.54) is 0 Å². The predicted octanol–water partition coefficient (Wildman–Crippen LogP) is 2.62. The van der Waals surface area contributed by atoms with E-state index in [9.17, 15) is 13.0 Å². The third-order valence-electron chi connectivity index (χ3n) is 4.13. The zero-order valence-electron chi connectivity index (χ0n) is 12.7. The van der Waals surface area contributed by atoms with E-state index in [4.69, 9.17) is 9.47 Å². The third-order valence-corrected chi connectivity index (χ3v) is 4.87. The van der Waals surface area contributed by atoms with Gasteiger partial charge in [0.25, 0.3) is 0 Å². The summed E-state index contributed by atoms with van der Waals surface area (Å²) in [6.07, 6.45) is 0.997. The van der Waals surface area contributed by atoms with Crippen LogP contribution in [0.1, 0.15) is 48.0 Å². The normalized spacial score (nSPS) is 32.9. The van der Waals surface area contributed by atoms with Crippen LogP contribution in [0, 0.1) is 17.8 Å². The molecule has 0 aromatic heterocycles. The van der Waals surface area contributed by atoms with Gasteiger partial charge in [-0.2, -0.15) is 0 Å². The molecule has 1 aliphatic rings. The zero-order chi connectivity index (χ0) is 14.6. The first-order chi connectivity index (χ1) is 8.76. The Balaban J connectivity index is 0. The zero-order valence-corrected chi connectivity index (χ0v) is 16.4. The number of hydrogen-bond acceptors (Lipinski definition) is 5. The Morgan fingerprint density at radius 2 is 1.71 bits per heavy atom. The fraction of sp³-hybridized carbons (Fsp3) is 1.00. The molecule has 0 amide bonds. The first-order valence-corrected chi connectivity index (χ1v) is 8.54. The molecule has 0 aromatic rings. The second kappa shape index (κ2) is 10.7. The Morgan fingerprint density at radius 3 is 2.19 bits per heavy atom. The minimum Gasteiger partial charge on any atom is -0.748 e. The molecule has 0 N–H and O–H groups in total. The molecule has 1 fully saturated rings. The summed E-state index contributed by atoms with van der Waals surface area (Å²) in [6.45, 7) is 8.70. The molecule has 0 spiro atoms. The van der Waals surface area contributed by atoms with Crippen molar-refractivity contribution in [1.29, 1.82) is 0 Å². The van der Waals surface area contributed by atoms with Crippen molar-refractivity contribution in [2.45, 2.75) is 60.4 Å². The molecule has 0 aliphatic carbocycles. The second-order valence-corrected chi connectivity index (χ2v) is 7.02. The van der Waals surface area contributed by atoms with Crippen molar-refractivity contribution in [3.63, 3.8) is 0 Å². The van der Waals surface area contributed by atoms with Gasteiger partial charge in [0, 0.05) is 45.2 Å². The average Bonchev–Trinajstić information content (AvgIpc) is 2.30. The van der Waals surface area contributed by atoms with Crippen molar-refractivity contribution in [1.82, 2.24) is 0 Å². The van der Waals surface area contributed by atoms with E-state index in [-0.39, 0.29) is 57.9 Å². The van der Waals surface area contributed by atoms with Gasteiger partial charge in [-0.05, 0) is 18.3 Å². The van der Waals surface area contributed by atoms with Crippen molar-refractivity contribution in [3.8, 4) is 0 Å². The van der Waals surface area contributed by atoms with Crippen LogP contribution < -0.4 is 0 Å². The van der Waals surface area contributed by atoms with Crippen LogP contribution in [-0.2, 0) is 52.3 Å². The molecule has 1 rings (SSSR count). The Hall–Kier alpha value is 0.934. The van der Waals surface area contributed by atoms with Crippen molar-refractivity contribution < 1.29 is 55.2 Å². The number of rotatable bonds is 6. The van der Waals surface area contributed by atoms with Crippen LogP contribution in [0.5, 0.6) is 0 Å². The van der Waals surface area contributed by atoms with Gasteiger partial charge in [-0.3, -0.25) is 0 Å². The molecule has 1 radical (unpaired) electrons. The van der Waals surface area contributed by atoms with E-state index >= 15 is 0 Å². The van der Waals surface area contributed by atoms with Crippen molar-refractivity contribution >= 4 is 10.1 Å². The van der Waals surface area contributed by atoms with Gasteiger partial charge in [0.1, 0.15) is 0 Å². The van der Waals surface area contributed by atoms with Crippen LogP contribution in [0.15, 0.2) is 0 Å². The monoisotopic (exact) mass is 398 g/mol. The summed E-state index contributed by atoms with van der Waals surface area (Å²) in [5.74, 6) is 0.00752. The van der Waals surface area contributed by atoms with Gasteiger partial charge >= 0.3 is 0 Å². The maximum Gasteiger partial charge on any atom is 0.160 e. The van der Waals surface area contributed by atoms with Crippen molar-refractivity contribution in [2.75, 3.05) is 12.4 Å². The quantitative estimate of drug-likeness (QED) is 0.508. The largest absolute Gasteiger partial charge is 0.748 e. The SMILES string of the molecule is C.CCCCOC1O[C@H](CS(=O)(=O)[O-])[C@@H](C)[C@H](C)[C@H]1C.[Y]. The summed E-state index contributed by atoms with van der Waals surface area (Å²) in [7, 11) is -4.28. The fourth-order valence-corrected chi connectivity index (χ4v) is 3.20. The Morgan fingerprint density at radius 1 is 1.14 bits per heavy atom. The molecule has 5 nitrogen and oxygen atoms in total.